The van der Waals surface area contributed by atoms with E-state index in [2.05, 4.69) is 15.0 Å². The van der Waals surface area contributed by atoms with Crippen molar-refractivity contribution in [3.8, 4) is 16.9 Å². The number of Topliss-reactive ketones (excluding diaryl/α,β-unsaturated/α-hetero) is 1. The molecule has 220 valence electrons. The Kier molecular flexibility index (Phi) is 7.56. The summed E-state index contributed by atoms with van der Waals surface area (Å²) in [6.07, 6.45) is -4.39. The maximum atomic E-state index is 12.7. The molecule has 42 heavy (non-hydrogen) atoms. The molecule has 1 aliphatic rings. The number of nitrogens with zero attached hydrogens (tertiary/aromatic N) is 4. The normalized spacial score (nSPS) is 20.7. The molecule has 18 heteroatoms. The van der Waals surface area contributed by atoms with Crippen LogP contribution in [0.15, 0.2) is 46.5 Å². The van der Waals surface area contributed by atoms with Crippen LogP contribution in [0.2, 0.25) is 0 Å². The van der Waals surface area contributed by atoms with Crippen molar-refractivity contribution in [2.24, 2.45) is 0 Å². The maximum absolute atomic E-state index is 12.7. The summed E-state index contributed by atoms with van der Waals surface area (Å²) in [6.45, 7) is -0.793. The molecular formula is C24H22N6O11S. The molecule has 1 aliphatic heterocycles. The highest BCUT2D eigenvalue weighted by Crippen LogP contribution is 2.32. The minimum atomic E-state index is -4.73. The predicted molar refractivity (Wildman–Crippen MR) is 141 cm³/mol. The number of imidazole rings is 1. The fourth-order valence-electron chi connectivity index (χ4n) is 4.46. The van der Waals surface area contributed by atoms with Crippen LogP contribution in [-0.2, 0) is 24.0 Å². The number of aromatic hydroxyl groups is 1. The Morgan fingerprint density at radius 3 is 2.55 bits per heavy atom. The first kappa shape index (κ1) is 28.9. The van der Waals surface area contributed by atoms with Gasteiger partial charge in [0.25, 0.3) is 5.43 Å². The molecule has 6 N–H and O–H groups in total. The van der Waals surface area contributed by atoms with Crippen molar-refractivity contribution in [2.45, 2.75) is 37.4 Å². The minimum absolute atomic E-state index is 0.0104. The van der Waals surface area contributed by atoms with E-state index in [9.17, 15) is 42.9 Å². The Hall–Kier alpha value is -4.62. The molecule has 17 nitrogen and oxygen atoms in total. The molecule has 1 saturated heterocycles. The van der Waals surface area contributed by atoms with Crippen LogP contribution in [0.4, 0.5) is 5.82 Å². The van der Waals surface area contributed by atoms with Gasteiger partial charge in [0.15, 0.2) is 29.2 Å². The highest BCUT2D eigenvalue weighted by Gasteiger charge is 2.45. The van der Waals surface area contributed by atoms with Gasteiger partial charge in [-0.2, -0.15) is 8.42 Å². The molecule has 2 aromatic heterocycles. The summed E-state index contributed by atoms with van der Waals surface area (Å²) in [5.41, 5.74) is 3.77. The molecule has 0 radical (unpaired) electrons. The molecule has 0 unspecified atom stereocenters. The second-order valence-electron chi connectivity index (χ2n) is 9.24. The van der Waals surface area contributed by atoms with Crippen LogP contribution in [0, 0.1) is 0 Å². The van der Waals surface area contributed by atoms with Gasteiger partial charge in [-0.25, -0.2) is 19.7 Å². The topological polar surface area (TPSA) is 263 Å². The van der Waals surface area contributed by atoms with Crippen LogP contribution in [0.5, 0.6) is 5.75 Å². The van der Waals surface area contributed by atoms with Gasteiger partial charge in [0.2, 0.25) is 11.3 Å². The summed E-state index contributed by atoms with van der Waals surface area (Å²) in [5.74, 6) is -2.46. The minimum Gasteiger partial charge on any atom is -0.503 e. The number of hydrogen-bond acceptors (Lipinski definition) is 15. The van der Waals surface area contributed by atoms with E-state index in [0.717, 1.165) is 6.33 Å². The predicted octanol–water partition coefficient (Wildman–Crippen LogP) is -1.96. The van der Waals surface area contributed by atoms with Gasteiger partial charge < -0.3 is 25.8 Å². The second-order valence-corrected chi connectivity index (χ2v) is 10.6. The summed E-state index contributed by atoms with van der Waals surface area (Å²) in [4.78, 5) is 60.1. The van der Waals surface area contributed by atoms with Crippen LogP contribution < -0.4 is 21.3 Å². The molecule has 4 aromatic rings. The van der Waals surface area contributed by atoms with Crippen LogP contribution in [0.3, 0.4) is 0 Å². The molecule has 2 aromatic carbocycles. The molecule has 4 atom stereocenters. The summed E-state index contributed by atoms with van der Waals surface area (Å²) >= 11 is 0. The standard InChI is InChI=1S/C24H22N6O11S/c25-22-16-23(27-8-26-22)30(9-28-16)24-21(37)17(33)13(41-24)7-40-42(38,39)29-14(32)6-5-12(31)10-3-1-2-4-11(10)15-18(34)20(36)19(15)35/h1-4,8-9,13,17,21,24,33-34,37H,5-7H2,(H,29,32)(H2,25,26,27)/t13-,17-,21-,24-/m1/s1. The Bertz CT molecular complexity index is 1880. The average molecular weight is 603 g/mol. The first-order chi connectivity index (χ1) is 19.9. The van der Waals surface area contributed by atoms with Crippen molar-refractivity contribution in [3.05, 3.63) is 62.9 Å². The molecule has 5 rings (SSSR count). The van der Waals surface area contributed by atoms with E-state index >= 15 is 0 Å². The molecule has 0 aliphatic carbocycles. The van der Waals surface area contributed by atoms with E-state index in [1.165, 1.54) is 35.2 Å². The molecule has 0 bridgehead atoms. The molecular weight excluding hydrogens is 580 g/mol. The Balaban J connectivity index is 1.17. The molecule has 0 spiro atoms. The number of aromatic nitrogens is 4. The second kappa shape index (κ2) is 11.0. The lowest BCUT2D eigenvalue weighted by Gasteiger charge is -2.16. The van der Waals surface area contributed by atoms with Gasteiger partial charge >= 0.3 is 10.3 Å². The van der Waals surface area contributed by atoms with Crippen LogP contribution >= 0.6 is 0 Å². The summed E-state index contributed by atoms with van der Waals surface area (Å²) < 4.78 is 37.9. The van der Waals surface area contributed by atoms with E-state index in [-0.39, 0.29) is 33.7 Å². The summed E-state index contributed by atoms with van der Waals surface area (Å²) in [5, 5.41) is 30.6. The number of anilines is 1. The number of nitrogen functional groups attached to an aromatic ring is 1. The van der Waals surface area contributed by atoms with Crippen molar-refractivity contribution in [1.29, 1.82) is 0 Å². The third-order valence-electron chi connectivity index (χ3n) is 6.59. The zero-order valence-corrected chi connectivity index (χ0v) is 22.1. The van der Waals surface area contributed by atoms with Crippen molar-refractivity contribution in [2.75, 3.05) is 12.3 Å². The van der Waals surface area contributed by atoms with E-state index in [0.29, 0.717) is 0 Å². The monoisotopic (exact) mass is 602 g/mol. The summed E-state index contributed by atoms with van der Waals surface area (Å²) in [6, 6.07) is 5.63. The number of benzene rings is 1. The number of aliphatic hydroxyl groups excluding tert-OH is 2. The SMILES string of the molecule is Nc1ncnc2c1ncn2[C@@H]1O[C@H](COS(=O)(=O)NC(=O)CCC(=O)c2ccccc2-c2c(O)c(=O)c2=O)[C@@H](O)[C@H]1O. The number of nitrogens with two attached hydrogens (primary N) is 1. The molecule has 1 amide bonds. The number of aliphatic hydroxyl groups is 2. The average Bonchev–Trinajstić information content (AvgIpc) is 3.52. The summed E-state index contributed by atoms with van der Waals surface area (Å²) in [7, 11) is -4.73. The largest absolute Gasteiger partial charge is 0.503 e. The van der Waals surface area contributed by atoms with Crippen LogP contribution in [0.1, 0.15) is 29.4 Å². The zero-order chi connectivity index (χ0) is 30.3. The fourth-order valence-corrected chi connectivity index (χ4v) is 5.22. The number of ether oxygens (including phenoxy) is 1. The number of nitrogens with one attached hydrogen (secondary N) is 1. The zero-order valence-electron chi connectivity index (χ0n) is 21.3. The number of rotatable bonds is 10. The van der Waals surface area contributed by atoms with Gasteiger partial charge in [-0.3, -0.25) is 27.9 Å². The Morgan fingerprint density at radius 1 is 1.07 bits per heavy atom. The number of ketones is 1. The highest BCUT2D eigenvalue weighted by atomic mass is 32.2. The third kappa shape index (κ3) is 5.23. The van der Waals surface area contributed by atoms with Gasteiger partial charge in [-0.15, -0.1) is 0 Å². The lowest BCUT2D eigenvalue weighted by atomic mass is 9.92. The van der Waals surface area contributed by atoms with E-state index in [1.54, 1.807) is 4.72 Å². The quantitative estimate of drug-likeness (QED) is 0.0974. The van der Waals surface area contributed by atoms with Gasteiger partial charge in [0.1, 0.15) is 30.2 Å². The smallest absolute Gasteiger partial charge is 0.362 e. The number of carbonyl (C=O) groups excluding carboxylic acids is 2. The first-order valence-corrected chi connectivity index (χ1v) is 13.6. The van der Waals surface area contributed by atoms with Crippen molar-refractivity contribution in [3.63, 3.8) is 0 Å². The van der Waals surface area contributed by atoms with Crippen molar-refractivity contribution < 1.29 is 42.2 Å². The van der Waals surface area contributed by atoms with Gasteiger partial charge in [-0.1, -0.05) is 24.3 Å². The Labute approximate surface area is 235 Å². The molecule has 1 fully saturated rings. The first-order valence-electron chi connectivity index (χ1n) is 12.2. The molecule has 3 heterocycles. The number of hydrogen-bond donors (Lipinski definition) is 5. The fraction of sp³-hybridized carbons (Fsp3) is 0.292. The van der Waals surface area contributed by atoms with E-state index in [4.69, 9.17) is 14.7 Å². The number of amides is 1. The van der Waals surface area contributed by atoms with Crippen LogP contribution in [0.25, 0.3) is 22.3 Å². The van der Waals surface area contributed by atoms with Gasteiger partial charge in [0.05, 0.1) is 18.5 Å². The molecule has 0 saturated carbocycles. The number of carbonyl (C=O) groups is 2. The lowest BCUT2D eigenvalue weighted by Crippen LogP contribution is -2.37. The van der Waals surface area contributed by atoms with Crippen molar-refractivity contribution >= 4 is 39.0 Å². The van der Waals surface area contributed by atoms with Crippen LogP contribution in [-0.4, -0.2) is 79.9 Å². The maximum Gasteiger partial charge on any atom is 0.362 e. The Morgan fingerprint density at radius 2 is 1.81 bits per heavy atom. The van der Waals surface area contributed by atoms with E-state index < -0.39 is 82.6 Å². The van der Waals surface area contributed by atoms with Gasteiger partial charge in [0, 0.05) is 24.0 Å². The third-order valence-corrected chi connectivity index (χ3v) is 7.51. The number of fused-ring (bicyclic) bond motifs is 1. The van der Waals surface area contributed by atoms with Crippen molar-refractivity contribution in [1.82, 2.24) is 24.2 Å². The van der Waals surface area contributed by atoms with Gasteiger partial charge in [-0.05, 0) is 0 Å². The lowest BCUT2D eigenvalue weighted by molar-refractivity contribution is -0.119. The van der Waals surface area contributed by atoms with E-state index in [1.807, 2.05) is 0 Å². The highest BCUT2D eigenvalue weighted by molar-refractivity contribution is 7.85.